The molecule has 0 amide bonds. The van der Waals surface area contributed by atoms with Crippen LogP contribution >= 0.6 is 0 Å². The van der Waals surface area contributed by atoms with Gasteiger partial charge in [-0.25, -0.2) is 14.6 Å². The van der Waals surface area contributed by atoms with E-state index in [-0.39, 0.29) is 0 Å². The predicted molar refractivity (Wildman–Crippen MR) is 110 cm³/mol. The highest BCUT2D eigenvalue weighted by molar-refractivity contribution is 5.88. The maximum Gasteiger partial charge on any atom is 0.168 e. The van der Waals surface area contributed by atoms with E-state index < -0.39 is 0 Å². The first-order valence-corrected chi connectivity index (χ1v) is 9.20. The van der Waals surface area contributed by atoms with Gasteiger partial charge in [0.1, 0.15) is 17.8 Å². The topological polar surface area (TPSA) is 86.5 Å². The normalized spacial score (nSPS) is 12.9. The molecule has 5 rings (SSSR count). The average molecular weight is 386 g/mol. The molecular weight excluding hydrogens is 368 g/mol. The van der Waals surface area contributed by atoms with E-state index in [4.69, 9.17) is 9.47 Å². The average Bonchev–Trinajstić information content (AvgIpc) is 3.41. The van der Waals surface area contributed by atoms with Crippen molar-refractivity contribution in [2.24, 2.45) is 5.10 Å². The van der Waals surface area contributed by atoms with Gasteiger partial charge in [0, 0.05) is 12.5 Å². The monoisotopic (exact) mass is 386 g/mol. The number of nitrogens with one attached hydrogen (secondary N) is 1. The molecule has 0 unspecified atom stereocenters. The quantitative estimate of drug-likeness (QED) is 0.419. The van der Waals surface area contributed by atoms with Gasteiger partial charge in [0.2, 0.25) is 0 Å². The van der Waals surface area contributed by atoms with Gasteiger partial charge in [-0.2, -0.15) is 10.2 Å². The first-order chi connectivity index (χ1) is 14.3. The third-order valence-corrected chi connectivity index (χ3v) is 4.76. The fraction of sp³-hybridized carbons (Fsp3) is 0.143. The summed E-state index contributed by atoms with van der Waals surface area (Å²) in [4.78, 5) is 8.68. The minimum Gasteiger partial charge on any atom is -0.497 e. The van der Waals surface area contributed by atoms with Crippen LogP contribution in [0.5, 0.6) is 11.5 Å². The highest BCUT2D eigenvalue weighted by Gasteiger charge is 2.12. The zero-order valence-corrected chi connectivity index (χ0v) is 15.7. The van der Waals surface area contributed by atoms with Crippen molar-refractivity contribution in [3.8, 4) is 17.2 Å². The Morgan fingerprint density at radius 1 is 1.21 bits per heavy atom. The number of hydrogen-bond acceptors (Lipinski definition) is 7. The van der Waals surface area contributed by atoms with E-state index in [1.807, 2.05) is 36.4 Å². The van der Waals surface area contributed by atoms with Gasteiger partial charge in [0.05, 0.1) is 37.2 Å². The van der Waals surface area contributed by atoms with E-state index in [0.29, 0.717) is 11.5 Å². The zero-order valence-electron chi connectivity index (χ0n) is 15.7. The summed E-state index contributed by atoms with van der Waals surface area (Å²) in [7, 11) is 1.64. The van der Waals surface area contributed by atoms with Gasteiger partial charge in [-0.05, 0) is 41.5 Å². The number of rotatable bonds is 5. The van der Waals surface area contributed by atoms with Crippen molar-refractivity contribution in [3.63, 3.8) is 0 Å². The molecule has 2 aromatic carbocycles. The van der Waals surface area contributed by atoms with Crippen molar-refractivity contribution in [3.05, 3.63) is 66.1 Å². The molecule has 0 spiro atoms. The Balaban J connectivity index is 1.42. The molecule has 3 heterocycles. The maximum atomic E-state index is 5.53. The Kier molecular flexibility index (Phi) is 4.28. The van der Waals surface area contributed by atoms with Gasteiger partial charge < -0.3 is 9.47 Å². The standard InChI is InChI=1S/C21H18N6O2/c1-28-17-4-2-3-16(10-17)27-21-18(12-25-27)20(22-13-23-21)26-24-11-14-5-6-19-15(9-14)7-8-29-19/h2-6,9-13H,7-8H2,1H3,(H,22,23,26)/b24-11+. The Labute approximate surface area is 166 Å². The highest BCUT2D eigenvalue weighted by atomic mass is 16.5. The van der Waals surface area contributed by atoms with Crippen LogP contribution in [0.25, 0.3) is 16.7 Å². The highest BCUT2D eigenvalue weighted by Crippen LogP contribution is 2.26. The molecule has 8 nitrogen and oxygen atoms in total. The molecule has 0 bridgehead atoms. The molecule has 0 saturated heterocycles. The largest absolute Gasteiger partial charge is 0.497 e. The van der Waals surface area contributed by atoms with Crippen LogP contribution in [0, 0.1) is 0 Å². The van der Waals surface area contributed by atoms with E-state index in [9.17, 15) is 0 Å². The van der Waals surface area contributed by atoms with Crippen molar-refractivity contribution in [1.82, 2.24) is 19.7 Å². The minimum atomic E-state index is 0.588. The molecule has 2 aromatic heterocycles. The summed E-state index contributed by atoms with van der Waals surface area (Å²) in [6.07, 6.45) is 5.91. The number of benzene rings is 2. The molecule has 1 aliphatic rings. The summed E-state index contributed by atoms with van der Waals surface area (Å²) in [6.45, 7) is 0.740. The van der Waals surface area contributed by atoms with Crippen molar-refractivity contribution < 1.29 is 9.47 Å². The zero-order chi connectivity index (χ0) is 19.6. The lowest BCUT2D eigenvalue weighted by Crippen LogP contribution is -2.00. The molecule has 0 fully saturated rings. The predicted octanol–water partition coefficient (Wildman–Crippen LogP) is 3.21. The van der Waals surface area contributed by atoms with Crippen LogP contribution in [0.2, 0.25) is 0 Å². The lowest BCUT2D eigenvalue weighted by atomic mass is 10.1. The second kappa shape index (κ2) is 7.23. The number of ether oxygens (including phenoxy) is 2. The smallest absolute Gasteiger partial charge is 0.168 e. The van der Waals surface area contributed by atoms with E-state index in [1.54, 1.807) is 24.2 Å². The Bertz CT molecular complexity index is 1220. The molecular formula is C21H18N6O2. The summed E-state index contributed by atoms with van der Waals surface area (Å²) in [5, 5.41) is 9.57. The fourth-order valence-corrected chi connectivity index (χ4v) is 3.32. The number of aromatic nitrogens is 4. The minimum absolute atomic E-state index is 0.588. The van der Waals surface area contributed by atoms with Crippen LogP contribution in [-0.4, -0.2) is 39.7 Å². The summed E-state index contributed by atoms with van der Waals surface area (Å²) >= 11 is 0. The number of methoxy groups -OCH3 is 1. The molecule has 8 heteroatoms. The van der Waals surface area contributed by atoms with Crippen molar-refractivity contribution in [2.75, 3.05) is 19.1 Å². The number of fused-ring (bicyclic) bond motifs is 2. The molecule has 1 aliphatic heterocycles. The number of anilines is 1. The van der Waals surface area contributed by atoms with E-state index in [0.717, 1.165) is 41.2 Å². The van der Waals surface area contributed by atoms with Crippen LogP contribution in [0.3, 0.4) is 0 Å². The molecule has 1 N–H and O–H groups in total. The van der Waals surface area contributed by atoms with Crippen LogP contribution in [0.1, 0.15) is 11.1 Å². The van der Waals surface area contributed by atoms with Crippen LogP contribution in [0.4, 0.5) is 5.82 Å². The first-order valence-electron chi connectivity index (χ1n) is 9.20. The molecule has 0 aliphatic carbocycles. The van der Waals surface area contributed by atoms with Gasteiger partial charge in [-0.15, -0.1) is 0 Å². The van der Waals surface area contributed by atoms with Crippen molar-refractivity contribution in [1.29, 1.82) is 0 Å². The lowest BCUT2D eigenvalue weighted by molar-refractivity contribution is 0.357. The van der Waals surface area contributed by atoms with Gasteiger partial charge >= 0.3 is 0 Å². The summed E-state index contributed by atoms with van der Waals surface area (Å²) in [6, 6.07) is 13.7. The summed E-state index contributed by atoms with van der Waals surface area (Å²) < 4.78 is 12.6. The molecule has 0 radical (unpaired) electrons. The molecule has 0 saturated carbocycles. The molecule has 144 valence electrons. The summed E-state index contributed by atoms with van der Waals surface area (Å²) in [5.41, 5.74) is 6.74. The van der Waals surface area contributed by atoms with Crippen molar-refractivity contribution in [2.45, 2.75) is 6.42 Å². The Morgan fingerprint density at radius 2 is 2.17 bits per heavy atom. The lowest BCUT2D eigenvalue weighted by Gasteiger charge is -2.06. The molecule has 29 heavy (non-hydrogen) atoms. The Hall–Kier alpha value is -3.94. The van der Waals surface area contributed by atoms with Gasteiger partial charge in [-0.1, -0.05) is 6.07 Å². The molecule has 0 atom stereocenters. The second-order valence-electron chi connectivity index (χ2n) is 6.55. The Morgan fingerprint density at radius 3 is 3.10 bits per heavy atom. The third-order valence-electron chi connectivity index (χ3n) is 4.76. The summed E-state index contributed by atoms with van der Waals surface area (Å²) in [5.74, 6) is 2.30. The van der Waals surface area contributed by atoms with Crippen molar-refractivity contribution >= 4 is 23.1 Å². The number of nitrogens with zero attached hydrogens (tertiary/aromatic N) is 5. The van der Waals surface area contributed by atoms with Crippen LogP contribution in [0.15, 0.2) is 60.1 Å². The second-order valence-corrected chi connectivity index (χ2v) is 6.55. The first kappa shape index (κ1) is 17.2. The SMILES string of the molecule is COc1cccc(-n2ncc3c(N/N=C/c4ccc5c(c4)CCO5)ncnc32)c1. The number of hydrogen-bond donors (Lipinski definition) is 1. The number of hydrazone groups is 1. The van der Waals surface area contributed by atoms with Gasteiger partial charge in [0.15, 0.2) is 11.5 Å². The van der Waals surface area contributed by atoms with Crippen LogP contribution in [-0.2, 0) is 6.42 Å². The van der Waals surface area contributed by atoms with Crippen LogP contribution < -0.4 is 14.9 Å². The van der Waals surface area contributed by atoms with Gasteiger partial charge in [-0.3, -0.25) is 5.43 Å². The van der Waals surface area contributed by atoms with E-state index in [2.05, 4.69) is 31.7 Å². The maximum absolute atomic E-state index is 5.53. The van der Waals surface area contributed by atoms with Gasteiger partial charge in [0.25, 0.3) is 0 Å². The third kappa shape index (κ3) is 3.25. The van der Waals surface area contributed by atoms with E-state index in [1.165, 1.54) is 11.9 Å². The van der Waals surface area contributed by atoms with E-state index >= 15 is 0 Å². The fourth-order valence-electron chi connectivity index (χ4n) is 3.32. The molecule has 4 aromatic rings.